The van der Waals surface area contributed by atoms with E-state index in [2.05, 4.69) is 17.2 Å². The van der Waals surface area contributed by atoms with E-state index in [1.807, 2.05) is 30.3 Å². The van der Waals surface area contributed by atoms with Gasteiger partial charge in [0, 0.05) is 18.3 Å². The topological polar surface area (TPSA) is 125 Å². The first-order valence-corrected chi connectivity index (χ1v) is 11.4. The van der Waals surface area contributed by atoms with Gasteiger partial charge >= 0.3 is 6.09 Å². The summed E-state index contributed by atoms with van der Waals surface area (Å²) < 4.78 is 32.7. The van der Waals surface area contributed by atoms with Crippen LogP contribution in [-0.4, -0.2) is 55.1 Å². The van der Waals surface area contributed by atoms with Gasteiger partial charge in [-0.05, 0) is 36.3 Å². The summed E-state index contributed by atoms with van der Waals surface area (Å²) in [6.45, 7) is 3.09. The Labute approximate surface area is 186 Å². The third kappa shape index (κ3) is 5.72. The lowest BCUT2D eigenvalue weighted by Crippen LogP contribution is -2.39. The lowest BCUT2D eigenvalue weighted by Gasteiger charge is -2.22. The third-order valence-electron chi connectivity index (χ3n) is 5.01. The van der Waals surface area contributed by atoms with Gasteiger partial charge in [-0.25, -0.2) is 13.2 Å². The van der Waals surface area contributed by atoms with Gasteiger partial charge in [-0.1, -0.05) is 43.0 Å². The number of benzene rings is 2. The Hall–Kier alpha value is -3.21. The molecule has 9 nitrogen and oxygen atoms in total. The van der Waals surface area contributed by atoms with Crippen molar-refractivity contribution in [2.75, 3.05) is 18.5 Å². The zero-order valence-corrected chi connectivity index (χ0v) is 18.1. The number of nitrogens with zero attached hydrogens (tertiary/aromatic N) is 1. The maximum atomic E-state index is 13.2. The normalized spacial score (nSPS) is 18.7. The number of aliphatic hydroxyl groups excluding tert-OH is 1. The standard InChI is InChI=1S/C22H25N3O6S/c1-2-21(27)23-18-11-19(14-26)25(13-18)32(29,30)20-10-6-9-17(12-20)24-22(28)31-15-16-7-4-3-5-8-16/h2-10,12,18-19,26H,1,11,13-15H2,(H,23,27)(H,24,28). The van der Waals surface area contributed by atoms with Gasteiger partial charge in [0.2, 0.25) is 15.9 Å². The molecule has 1 aliphatic rings. The number of rotatable bonds is 8. The molecular formula is C22H25N3O6S. The summed E-state index contributed by atoms with van der Waals surface area (Å²) in [6, 6.07) is 13.8. The SMILES string of the molecule is C=CC(=O)NC1CC(CO)N(S(=O)(=O)c2cccc(NC(=O)OCc3ccccc3)c2)C1. The number of carbonyl (C=O) groups is 2. The second kappa shape index (κ2) is 10.4. The van der Waals surface area contributed by atoms with Gasteiger partial charge in [-0.2, -0.15) is 4.31 Å². The van der Waals surface area contributed by atoms with Gasteiger partial charge in [0.15, 0.2) is 0 Å². The van der Waals surface area contributed by atoms with Crippen molar-refractivity contribution < 1.29 is 27.9 Å². The number of amides is 2. The van der Waals surface area contributed by atoms with E-state index < -0.39 is 34.1 Å². The summed E-state index contributed by atoms with van der Waals surface area (Å²) in [6.07, 6.45) is 0.668. The van der Waals surface area contributed by atoms with E-state index in [0.717, 1.165) is 15.9 Å². The van der Waals surface area contributed by atoms with Crippen LogP contribution in [0.4, 0.5) is 10.5 Å². The number of anilines is 1. The van der Waals surface area contributed by atoms with E-state index in [1.54, 1.807) is 6.07 Å². The van der Waals surface area contributed by atoms with Crippen LogP contribution in [0.1, 0.15) is 12.0 Å². The number of ether oxygens (including phenoxy) is 1. The molecule has 0 bridgehead atoms. The molecule has 3 N–H and O–H groups in total. The van der Waals surface area contributed by atoms with E-state index in [9.17, 15) is 23.1 Å². The molecule has 2 unspecified atom stereocenters. The van der Waals surface area contributed by atoms with Crippen molar-refractivity contribution >= 4 is 27.7 Å². The molecule has 2 aromatic rings. The maximum Gasteiger partial charge on any atom is 0.411 e. The van der Waals surface area contributed by atoms with Crippen molar-refractivity contribution in [1.29, 1.82) is 0 Å². The molecule has 3 rings (SSSR count). The largest absolute Gasteiger partial charge is 0.444 e. The molecule has 32 heavy (non-hydrogen) atoms. The number of hydrogen-bond donors (Lipinski definition) is 3. The summed E-state index contributed by atoms with van der Waals surface area (Å²) in [5.74, 6) is -0.411. The molecule has 2 aromatic carbocycles. The van der Waals surface area contributed by atoms with E-state index in [4.69, 9.17) is 4.74 Å². The molecule has 2 atom stereocenters. The zero-order chi connectivity index (χ0) is 23.1. The highest BCUT2D eigenvalue weighted by Crippen LogP contribution is 2.27. The van der Waals surface area contributed by atoms with E-state index in [1.165, 1.54) is 18.2 Å². The van der Waals surface area contributed by atoms with Crippen LogP contribution in [0.3, 0.4) is 0 Å². The molecule has 1 aliphatic heterocycles. The first-order chi connectivity index (χ1) is 15.3. The monoisotopic (exact) mass is 459 g/mol. The molecule has 1 saturated heterocycles. The summed E-state index contributed by atoms with van der Waals surface area (Å²) in [4.78, 5) is 23.6. The Morgan fingerprint density at radius 1 is 1.19 bits per heavy atom. The van der Waals surface area contributed by atoms with Crippen molar-refractivity contribution in [2.24, 2.45) is 0 Å². The summed E-state index contributed by atoms with van der Waals surface area (Å²) in [7, 11) is -3.98. The number of hydrogen-bond acceptors (Lipinski definition) is 6. The second-order valence-corrected chi connectivity index (χ2v) is 9.16. The molecule has 0 spiro atoms. The summed E-state index contributed by atoms with van der Waals surface area (Å²) in [5, 5.41) is 14.9. The highest BCUT2D eigenvalue weighted by molar-refractivity contribution is 7.89. The van der Waals surface area contributed by atoms with Gasteiger partial charge in [0.1, 0.15) is 6.61 Å². The molecule has 1 heterocycles. The Bertz CT molecular complexity index is 1070. The minimum atomic E-state index is -3.98. The fourth-order valence-corrected chi connectivity index (χ4v) is 5.18. The molecule has 1 fully saturated rings. The highest BCUT2D eigenvalue weighted by atomic mass is 32.2. The Balaban J connectivity index is 1.69. The molecule has 10 heteroatoms. The highest BCUT2D eigenvalue weighted by Gasteiger charge is 2.40. The molecule has 0 saturated carbocycles. The molecule has 0 aromatic heterocycles. The van der Waals surface area contributed by atoms with Crippen LogP contribution in [0.25, 0.3) is 0 Å². The van der Waals surface area contributed by atoms with E-state index in [0.29, 0.717) is 0 Å². The van der Waals surface area contributed by atoms with Crippen LogP contribution in [0, 0.1) is 0 Å². The van der Waals surface area contributed by atoms with Crippen molar-refractivity contribution in [2.45, 2.75) is 30.0 Å². The molecular weight excluding hydrogens is 434 g/mol. The van der Waals surface area contributed by atoms with Crippen LogP contribution in [0.15, 0.2) is 72.1 Å². The Morgan fingerprint density at radius 2 is 1.94 bits per heavy atom. The van der Waals surface area contributed by atoms with E-state index in [-0.39, 0.29) is 36.8 Å². The first-order valence-electron chi connectivity index (χ1n) is 9.97. The van der Waals surface area contributed by atoms with Gasteiger partial charge in [-0.15, -0.1) is 0 Å². The van der Waals surface area contributed by atoms with Crippen LogP contribution >= 0.6 is 0 Å². The molecule has 2 amide bonds. The quantitative estimate of drug-likeness (QED) is 0.518. The third-order valence-corrected chi connectivity index (χ3v) is 6.92. The number of nitrogens with one attached hydrogen (secondary N) is 2. The molecule has 170 valence electrons. The Kier molecular flexibility index (Phi) is 7.62. The van der Waals surface area contributed by atoms with Crippen molar-refractivity contribution in [3.8, 4) is 0 Å². The molecule has 0 radical (unpaired) electrons. The average Bonchev–Trinajstić information content (AvgIpc) is 3.22. The zero-order valence-electron chi connectivity index (χ0n) is 17.3. The fraction of sp³-hybridized carbons (Fsp3) is 0.273. The van der Waals surface area contributed by atoms with Gasteiger partial charge in [0.25, 0.3) is 0 Å². The lowest BCUT2D eigenvalue weighted by molar-refractivity contribution is -0.117. The number of aliphatic hydroxyl groups is 1. The minimum absolute atomic E-state index is 0.0178. The summed E-state index contributed by atoms with van der Waals surface area (Å²) in [5.41, 5.74) is 1.07. The predicted octanol–water partition coefficient (Wildman–Crippen LogP) is 1.86. The van der Waals surface area contributed by atoms with Crippen LogP contribution in [0.2, 0.25) is 0 Å². The van der Waals surface area contributed by atoms with Crippen molar-refractivity contribution in [3.63, 3.8) is 0 Å². The minimum Gasteiger partial charge on any atom is -0.444 e. The molecule has 0 aliphatic carbocycles. The second-order valence-electron chi connectivity index (χ2n) is 7.27. The predicted molar refractivity (Wildman–Crippen MR) is 118 cm³/mol. The Morgan fingerprint density at radius 3 is 2.62 bits per heavy atom. The van der Waals surface area contributed by atoms with Crippen LogP contribution in [0.5, 0.6) is 0 Å². The van der Waals surface area contributed by atoms with Gasteiger partial charge in [0.05, 0.1) is 17.5 Å². The number of sulfonamides is 1. The maximum absolute atomic E-state index is 13.2. The van der Waals surface area contributed by atoms with Crippen molar-refractivity contribution in [1.82, 2.24) is 9.62 Å². The number of carbonyl (C=O) groups excluding carboxylic acids is 2. The van der Waals surface area contributed by atoms with Gasteiger partial charge in [-0.3, -0.25) is 10.1 Å². The summed E-state index contributed by atoms with van der Waals surface area (Å²) >= 11 is 0. The van der Waals surface area contributed by atoms with Crippen LogP contribution in [-0.2, 0) is 26.2 Å². The fourth-order valence-electron chi connectivity index (χ4n) is 3.46. The van der Waals surface area contributed by atoms with Crippen molar-refractivity contribution in [3.05, 3.63) is 72.8 Å². The lowest BCUT2D eigenvalue weighted by atomic mass is 10.2. The van der Waals surface area contributed by atoms with Crippen LogP contribution < -0.4 is 10.6 Å². The smallest absolute Gasteiger partial charge is 0.411 e. The first kappa shape index (κ1) is 23.5. The average molecular weight is 460 g/mol. The van der Waals surface area contributed by atoms with Gasteiger partial charge < -0.3 is 15.2 Å². The van der Waals surface area contributed by atoms with E-state index >= 15 is 0 Å².